The van der Waals surface area contributed by atoms with Gasteiger partial charge in [-0.05, 0) is 19.8 Å². The van der Waals surface area contributed by atoms with E-state index in [1.54, 1.807) is 29.7 Å². The molecular weight excluding hydrogens is 312 g/mol. The first kappa shape index (κ1) is 14.9. The van der Waals surface area contributed by atoms with Gasteiger partial charge >= 0.3 is 0 Å². The molecule has 0 aliphatic carbocycles. The van der Waals surface area contributed by atoms with Gasteiger partial charge in [0.15, 0.2) is 5.58 Å². The number of carbonyl (C=O) groups is 1. The maximum atomic E-state index is 12.6. The van der Waals surface area contributed by atoms with Crippen LogP contribution in [0.3, 0.4) is 0 Å². The molecule has 126 valence electrons. The predicted molar refractivity (Wildman–Crippen MR) is 85.9 cm³/mol. The third-order valence-electron chi connectivity index (χ3n) is 4.31. The molecule has 1 fully saturated rings. The molecule has 1 atom stereocenters. The second-order valence-electron chi connectivity index (χ2n) is 5.98. The van der Waals surface area contributed by atoms with Crippen LogP contribution in [-0.2, 0) is 16.1 Å². The van der Waals surface area contributed by atoms with Crippen molar-refractivity contribution in [2.75, 3.05) is 13.2 Å². The summed E-state index contributed by atoms with van der Waals surface area (Å²) in [6, 6.07) is 3.46. The second-order valence-corrected chi connectivity index (χ2v) is 5.98. The third kappa shape index (κ3) is 2.48. The number of hydrogen-bond donors (Lipinski definition) is 1. The lowest BCUT2D eigenvalue weighted by molar-refractivity contribution is -0.122. The van der Waals surface area contributed by atoms with Crippen molar-refractivity contribution in [3.8, 4) is 0 Å². The van der Waals surface area contributed by atoms with Crippen molar-refractivity contribution in [2.45, 2.75) is 32.4 Å². The molecule has 8 heteroatoms. The number of rotatable bonds is 4. The maximum Gasteiger partial charge on any atom is 0.291 e. The Balaban J connectivity index is 1.58. The fourth-order valence-corrected chi connectivity index (χ4v) is 3.16. The lowest BCUT2D eigenvalue weighted by Crippen LogP contribution is -2.38. The lowest BCUT2D eigenvalue weighted by Gasteiger charge is -2.12. The smallest absolute Gasteiger partial charge is 0.291 e. The Morgan fingerprint density at radius 3 is 3.12 bits per heavy atom. The standard InChI is InChI=1S/C16H18N4O4/c1-10-18-19(9-15(21)17-8-11-3-2-5-23-11)16(22)13-7-14-12(20(10)13)4-6-24-14/h4,6-7,11H,2-3,5,8-9H2,1H3,(H,17,21)/t11-/m1/s1. The van der Waals surface area contributed by atoms with Gasteiger partial charge in [-0.3, -0.25) is 14.0 Å². The first-order chi connectivity index (χ1) is 11.6. The van der Waals surface area contributed by atoms with Crippen LogP contribution in [0.2, 0.25) is 0 Å². The van der Waals surface area contributed by atoms with Crippen molar-refractivity contribution in [3.05, 3.63) is 34.6 Å². The number of nitrogens with one attached hydrogen (secondary N) is 1. The van der Waals surface area contributed by atoms with Gasteiger partial charge in [-0.2, -0.15) is 5.10 Å². The molecular formula is C16H18N4O4. The minimum Gasteiger partial charge on any atom is -0.463 e. The molecule has 0 radical (unpaired) electrons. The first-order valence-corrected chi connectivity index (χ1v) is 7.98. The molecule has 1 N–H and O–H groups in total. The van der Waals surface area contributed by atoms with E-state index in [1.165, 1.54) is 4.68 Å². The van der Waals surface area contributed by atoms with Crippen LogP contribution in [0.25, 0.3) is 16.6 Å². The van der Waals surface area contributed by atoms with Gasteiger partial charge in [0.25, 0.3) is 5.56 Å². The number of amides is 1. The molecule has 1 amide bonds. The van der Waals surface area contributed by atoms with Crippen LogP contribution < -0.4 is 10.9 Å². The summed E-state index contributed by atoms with van der Waals surface area (Å²) >= 11 is 0. The van der Waals surface area contributed by atoms with Crippen LogP contribution in [0, 0.1) is 6.92 Å². The summed E-state index contributed by atoms with van der Waals surface area (Å²) in [6.45, 7) is 2.88. The van der Waals surface area contributed by atoms with Gasteiger partial charge in [-0.25, -0.2) is 4.68 Å². The Morgan fingerprint density at radius 1 is 1.46 bits per heavy atom. The molecule has 8 nitrogen and oxygen atoms in total. The number of carbonyl (C=O) groups excluding carboxylic acids is 1. The minimum absolute atomic E-state index is 0.0698. The minimum atomic E-state index is -0.320. The van der Waals surface area contributed by atoms with Gasteiger partial charge < -0.3 is 14.5 Å². The van der Waals surface area contributed by atoms with Crippen molar-refractivity contribution in [2.24, 2.45) is 0 Å². The molecule has 1 saturated heterocycles. The average molecular weight is 330 g/mol. The third-order valence-corrected chi connectivity index (χ3v) is 4.31. The average Bonchev–Trinajstić information content (AvgIpc) is 3.26. The molecule has 1 aliphatic rings. The summed E-state index contributed by atoms with van der Waals surface area (Å²) in [5, 5.41) is 7.06. The second kappa shape index (κ2) is 5.79. The molecule has 0 bridgehead atoms. The number of aryl methyl sites for hydroxylation is 1. The van der Waals surface area contributed by atoms with Crippen molar-refractivity contribution in [1.82, 2.24) is 19.5 Å². The van der Waals surface area contributed by atoms with Crippen molar-refractivity contribution < 1.29 is 13.9 Å². The van der Waals surface area contributed by atoms with Crippen LogP contribution >= 0.6 is 0 Å². The van der Waals surface area contributed by atoms with E-state index in [-0.39, 0.29) is 24.1 Å². The Morgan fingerprint density at radius 2 is 2.33 bits per heavy atom. The highest BCUT2D eigenvalue weighted by atomic mass is 16.5. The molecule has 3 aromatic heterocycles. The van der Waals surface area contributed by atoms with Gasteiger partial charge in [0.1, 0.15) is 17.9 Å². The van der Waals surface area contributed by atoms with E-state index in [2.05, 4.69) is 10.4 Å². The van der Waals surface area contributed by atoms with Crippen LogP contribution in [0.1, 0.15) is 18.7 Å². The normalized spacial score (nSPS) is 17.8. The Labute approximate surface area is 137 Å². The maximum absolute atomic E-state index is 12.6. The molecule has 3 aromatic rings. The zero-order valence-electron chi connectivity index (χ0n) is 13.3. The van der Waals surface area contributed by atoms with E-state index in [0.29, 0.717) is 23.5 Å². The van der Waals surface area contributed by atoms with E-state index >= 15 is 0 Å². The molecule has 4 heterocycles. The van der Waals surface area contributed by atoms with E-state index in [9.17, 15) is 9.59 Å². The fraction of sp³-hybridized carbons (Fsp3) is 0.438. The zero-order valence-corrected chi connectivity index (χ0v) is 13.3. The highest BCUT2D eigenvalue weighted by Gasteiger charge is 2.18. The number of nitrogens with zero attached hydrogens (tertiary/aromatic N) is 3. The molecule has 4 rings (SSSR count). The Kier molecular flexibility index (Phi) is 3.61. The number of fused-ring (bicyclic) bond motifs is 3. The highest BCUT2D eigenvalue weighted by molar-refractivity contribution is 5.82. The largest absolute Gasteiger partial charge is 0.463 e. The van der Waals surface area contributed by atoms with Crippen molar-refractivity contribution in [3.63, 3.8) is 0 Å². The van der Waals surface area contributed by atoms with Crippen LogP contribution in [-0.4, -0.2) is 39.3 Å². The summed E-state index contributed by atoms with van der Waals surface area (Å²) in [5.41, 5.74) is 1.54. The summed E-state index contributed by atoms with van der Waals surface area (Å²) in [5.74, 6) is 0.368. The number of furan rings is 1. The number of aromatic nitrogens is 3. The van der Waals surface area contributed by atoms with Crippen LogP contribution in [0.15, 0.2) is 27.6 Å². The van der Waals surface area contributed by atoms with Crippen molar-refractivity contribution >= 4 is 22.5 Å². The molecule has 1 aliphatic heterocycles. The van der Waals surface area contributed by atoms with Crippen LogP contribution in [0.4, 0.5) is 0 Å². The summed E-state index contributed by atoms with van der Waals surface area (Å²) in [4.78, 5) is 24.7. The molecule has 0 unspecified atom stereocenters. The number of ether oxygens (including phenoxy) is 1. The van der Waals surface area contributed by atoms with Gasteiger partial charge in [0.05, 0.1) is 17.9 Å². The predicted octanol–water partition coefficient (Wildman–Crippen LogP) is 0.846. The summed E-state index contributed by atoms with van der Waals surface area (Å²) < 4.78 is 13.7. The van der Waals surface area contributed by atoms with E-state index < -0.39 is 0 Å². The molecule has 0 saturated carbocycles. The van der Waals surface area contributed by atoms with Gasteiger partial charge in [-0.15, -0.1) is 0 Å². The fourth-order valence-electron chi connectivity index (χ4n) is 3.16. The van der Waals surface area contributed by atoms with E-state index in [1.807, 2.05) is 0 Å². The van der Waals surface area contributed by atoms with E-state index in [0.717, 1.165) is 25.0 Å². The monoisotopic (exact) mass is 330 g/mol. The van der Waals surface area contributed by atoms with Gasteiger partial charge in [0, 0.05) is 25.3 Å². The SMILES string of the molecule is Cc1nn(CC(=O)NC[C@H]2CCCO2)c(=O)c2cc3occc3n12. The Hall–Kier alpha value is -2.61. The van der Waals surface area contributed by atoms with E-state index in [4.69, 9.17) is 9.15 Å². The molecule has 24 heavy (non-hydrogen) atoms. The molecule has 0 spiro atoms. The van der Waals surface area contributed by atoms with Gasteiger partial charge in [-0.1, -0.05) is 0 Å². The summed E-state index contributed by atoms with van der Waals surface area (Å²) in [7, 11) is 0. The molecule has 0 aromatic carbocycles. The summed E-state index contributed by atoms with van der Waals surface area (Å²) in [6.07, 6.45) is 3.61. The highest BCUT2D eigenvalue weighted by Crippen LogP contribution is 2.19. The van der Waals surface area contributed by atoms with Crippen molar-refractivity contribution in [1.29, 1.82) is 0 Å². The quantitative estimate of drug-likeness (QED) is 0.766. The zero-order chi connectivity index (χ0) is 16.7. The number of hydrogen-bond acceptors (Lipinski definition) is 5. The Bertz CT molecular complexity index is 962. The van der Waals surface area contributed by atoms with Gasteiger partial charge in [0.2, 0.25) is 5.91 Å². The van der Waals surface area contributed by atoms with Crippen LogP contribution in [0.5, 0.6) is 0 Å². The lowest BCUT2D eigenvalue weighted by atomic mass is 10.2. The topological polar surface area (TPSA) is 90.8 Å². The first-order valence-electron chi connectivity index (χ1n) is 7.98.